The van der Waals surface area contributed by atoms with Crippen LogP contribution in [0.25, 0.3) is 5.57 Å². The number of nitrogens with one attached hydrogen (secondary N) is 1. The number of carbonyl (C=O) groups is 2. The van der Waals surface area contributed by atoms with Crippen LogP contribution in [0.3, 0.4) is 0 Å². The summed E-state index contributed by atoms with van der Waals surface area (Å²) in [5.74, 6) is -6.77. The molecular weight excluding hydrogens is 446 g/mol. The molecule has 1 N–H and O–H groups in total. The molecule has 33 heavy (non-hydrogen) atoms. The van der Waals surface area contributed by atoms with E-state index >= 15 is 0 Å². The van der Waals surface area contributed by atoms with E-state index in [4.69, 9.17) is 0 Å². The number of anilines is 2. The van der Waals surface area contributed by atoms with Gasteiger partial charge in [-0.15, -0.1) is 0 Å². The minimum absolute atomic E-state index is 0.0726. The number of non-ortho nitro benzene ring substituents is 1. The van der Waals surface area contributed by atoms with E-state index in [-0.39, 0.29) is 33.9 Å². The highest BCUT2D eigenvalue weighted by Crippen LogP contribution is 2.35. The van der Waals surface area contributed by atoms with E-state index in [0.29, 0.717) is 11.0 Å². The zero-order valence-electron chi connectivity index (χ0n) is 16.3. The highest BCUT2D eigenvalue weighted by molar-refractivity contribution is 6.46. The molecule has 1 heterocycles. The summed E-state index contributed by atoms with van der Waals surface area (Å²) in [6, 6.07) is 9.74. The molecule has 0 spiro atoms. The van der Waals surface area contributed by atoms with Gasteiger partial charge in [0.05, 0.1) is 16.2 Å². The average Bonchev–Trinajstić information content (AvgIpc) is 3.02. The lowest BCUT2D eigenvalue weighted by molar-refractivity contribution is -0.384. The predicted octanol–water partition coefficient (Wildman–Crippen LogP) is 4.55. The first-order valence-corrected chi connectivity index (χ1v) is 9.22. The van der Waals surface area contributed by atoms with Crippen molar-refractivity contribution in [3.05, 3.63) is 105 Å². The molecule has 4 rings (SSSR count). The lowest BCUT2D eigenvalue weighted by atomic mass is 10.0. The fraction of sp³-hybridized carbons (Fsp3) is 0. The lowest BCUT2D eigenvalue weighted by Crippen LogP contribution is -2.32. The number of hydrogen-bond donors (Lipinski definition) is 1. The molecule has 1 aliphatic rings. The first-order chi connectivity index (χ1) is 15.7. The van der Waals surface area contributed by atoms with Crippen LogP contribution in [0.1, 0.15) is 5.56 Å². The Balaban J connectivity index is 1.83. The number of nitro benzene ring substituents is 1. The van der Waals surface area contributed by atoms with Gasteiger partial charge in [-0.05, 0) is 42.0 Å². The van der Waals surface area contributed by atoms with Crippen molar-refractivity contribution in [2.24, 2.45) is 0 Å². The van der Waals surface area contributed by atoms with Crippen LogP contribution < -0.4 is 10.2 Å². The smallest absolute Gasteiger partial charge is 0.282 e. The third-order valence-electron chi connectivity index (χ3n) is 4.80. The monoisotopic (exact) mass is 457 g/mol. The summed E-state index contributed by atoms with van der Waals surface area (Å²) in [4.78, 5) is 37.1. The van der Waals surface area contributed by atoms with Crippen molar-refractivity contribution >= 4 is 34.4 Å². The summed E-state index contributed by atoms with van der Waals surface area (Å²) in [5.41, 5.74) is -1.16. The molecule has 2 amide bonds. The molecule has 0 fully saturated rings. The molecular formula is C22H11F4N3O4. The summed E-state index contributed by atoms with van der Waals surface area (Å²) in [6.07, 6.45) is 0. The van der Waals surface area contributed by atoms with Gasteiger partial charge in [-0.25, -0.2) is 22.5 Å². The molecule has 0 bridgehead atoms. The Bertz CT molecular complexity index is 1360. The van der Waals surface area contributed by atoms with Crippen LogP contribution >= 0.6 is 0 Å². The van der Waals surface area contributed by atoms with Gasteiger partial charge in [0.15, 0.2) is 23.3 Å². The van der Waals surface area contributed by atoms with Crippen LogP contribution in [0.2, 0.25) is 0 Å². The number of nitro groups is 1. The van der Waals surface area contributed by atoms with Crippen LogP contribution in [-0.4, -0.2) is 16.7 Å². The summed E-state index contributed by atoms with van der Waals surface area (Å²) in [5, 5.41) is 13.5. The standard InChI is InChI=1S/C22H11F4N3O4/c23-15-7-3-12(9-17(15)25)27-20-19(11-1-4-13(5-2-11)29(32)33)21(30)28(22(20)31)14-6-8-16(24)18(26)10-14/h1-10,27H. The van der Waals surface area contributed by atoms with E-state index in [9.17, 15) is 37.3 Å². The minimum Gasteiger partial charge on any atom is -0.350 e. The topological polar surface area (TPSA) is 92.5 Å². The minimum atomic E-state index is -1.30. The Kier molecular flexibility index (Phi) is 5.38. The van der Waals surface area contributed by atoms with E-state index < -0.39 is 40.0 Å². The van der Waals surface area contributed by atoms with Gasteiger partial charge in [0.25, 0.3) is 17.5 Å². The van der Waals surface area contributed by atoms with E-state index in [1.54, 1.807) is 0 Å². The van der Waals surface area contributed by atoms with Crippen molar-refractivity contribution in [3.8, 4) is 0 Å². The highest BCUT2D eigenvalue weighted by Gasteiger charge is 2.40. The second-order valence-electron chi connectivity index (χ2n) is 6.85. The molecule has 0 aromatic heterocycles. The average molecular weight is 457 g/mol. The quantitative estimate of drug-likeness (QED) is 0.263. The van der Waals surface area contributed by atoms with Gasteiger partial charge in [-0.3, -0.25) is 19.7 Å². The third-order valence-corrected chi connectivity index (χ3v) is 4.80. The third kappa shape index (κ3) is 3.91. The van der Waals surface area contributed by atoms with Crippen LogP contribution in [0.4, 0.5) is 34.6 Å². The maximum absolute atomic E-state index is 13.8. The van der Waals surface area contributed by atoms with Crippen molar-refractivity contribution in [3.63, 3.8) is 0 Å². The summed E-state index contributed by atoms with van der Waals surface area (Å²) in [7, 11) is 0. The molecule has 166 valence electrons. The predicted molar refractivity (Wildman–Crippen MR) is 109 cm³/mol. The number of nitrogens with zero attached hydrogens (tertiary/aromatic N) is 2. The van der Waals surface area contributed by atoms with Crippen LogP contribution in [0.15, 0.2) is 66.4 Å². The Morgan fingerprint density at radius 1 is 0.758 bits per heavy atom. The second-order valence-corrected chi connectivity index (χ2v) is 6.85. The normalized spacial score (nSPS) is 13.6. The van der Waals surface area contributed by atoms with Crippen molar-refractivity contribution in [1.29, 1.82) is 0 Å². The molecule has 3 aromatic rings. The number of hydrogen-bond acceptors (Lipinski definition) is 5. The van der Waals surface area contributed by atoms with Gasteiger partial charge in [0.2, 0.25) is 0 Å². The first kappa shape index (κ1) is 21.7. The SMILES string of the molecule is O=C1C(Nc2ccc(F)c(F)c2)=C(c2ccc([N+](=O)[O-])cc2)C(=O)N1c1ccc(F)c(F)c1. The Morgan fingerprint density at radius 3 is 1.94 bits per heavy atom. The number of carbonyl (C=O) groups excluding carboxylic acids is 2. The van der Waals surface area contributed by atoms with Gasteiger partial charge in [0, 0.05) is 30.0 Å². The fourth-order valence-corrected chi connectivity index (χ4v) is 3.24. The highest BCUT2D eigenvalue weighted by atomic mass is 19.2. The first-order valence-electron chi connectivity index (χ1n) is 9.22. The molecule has 0 aliphatic carbocycles. The number of amides is 2. The second kappa shape index (κ2) is 8.19. The molecule has 0 radical (unpaired) electrons. The molecule has 0 atom stereocenters. The Morgan fingerprint density at radius 2 is 1.36 bits per heavy atom. The van der Waals surface area contributed by atoms with E-state index in [1.165, 1.54) is 12.1 Å². The van der Waals surface area contributed by atoms with Crippen molar-refractivity contribution in [2.75, 3.05) is 10.2 Å². The molecule has 7 nitrogen and oxygen atoms in total. The molecule has 0 unspecified atom stereocenters. The number of rotatable bonds is 5. The van der Waals surface area contributed by atoms with Gasteiger partial charge < -0.3 is 5.32 Å². The largest absolute Gasteiger partial charge is 0.350 e. The summed E-state index contributed by atoms with van der Waals surface area (Å²) in [6.45, 7) is 0. The van der Waals surface area contributed by atoms with Crippen LogP contribution in [0.5, 0.6) is 0 Å². The van der Waals surface area contributed by atoms with E-state index in [0.717, 1.165) is 42.5 Å². The lowest BCUT2D eigenvalue weighted by Gasteiger charge is -2.15. The number of benzene rings is 3. The summed E-state index contributed by atoms with van der Waals surface area (Å²) >= 11 is 0. The van der Waals surface area contributed by atoms with Gasteiger partial charge in [0.1, 0.15) is 5.70 Å². The van der Waals surface area contributed by atoms with E-state index in [2.05, 4.69) is 5.32 Å². The number of imide groups is 1. The Labute approximate surface area is 182 Å². The molecule has 3 aromatic carbocycles. The van der Waals surface area contributed by atoms with Gasteiger partial charge >= 0.3 is 0 Å². The Hall–Kier alpha value is -4.54. The zero-order chi connectivity index (χ0) is 23.9. The molecule has 11 heteroatoms. The molecule has 0 saturated carbocycles. The summed E-state index contributed by atoms with van der Waals surface area (Å²) < 4.78 is 54.1. The number of halogens is 4. The van der Waals surface area contributed by atoms with Gasteiger partial charge in [-0.1, -0.05) is 0 Å². The maximum atomic E-state index is 13.8. The van der Waals surface area contributed by atoms with Crippen molar-refractivity contribution < 1.29 is 32.1 Å². The maximum Gasteiger partial charge on any atom is 0.282 e. The van der Waals surface area contributed by atoms with Crippen molar-refractivity contribution in [2.45, 2.75) is 0 Å². The van der Waals surface area contributed by atoms with Crippen molar-refractivity contribution in [1.82, 2.24) is 0 Å². The molecule has 0 saturated heterocycles. The zero-order valence-corrected chi connectivity index (χ0v) is 16.3. The molecule has 1 aliphatic heterocycles. The van der Waals surface area contributed by atoms with Crippen LogP contribution in [-0.2, 0) is 9.59 Å². The van der Waals surface area contributed by atoms with E-state index in [1.807, 2.05) is 0 Å². The van der Waals surface area contributed by atoms with Crippen LogP contribution in [0, 0.1) is 33.4 Å². The fourth-order valence-electron chi connectivity index (χ4n) is 3.24. The van der Waals surface area contributed by atoms with Gasteiger partial charge in [-0.2, -0.15) is 0 Å².